The van der Waals surface area contributed by atoms with Crippen LogP contribution in [0.5, 0.6) is 0 Å². The van der Waals surface area contributed by atoms with E-state index in [4.69, 9.17) is 4.74 Å². The summed E-state index contributed by atoms with van der Waals surface area (Å²) in [6.07, 6.45) is 2.83. The number of hydrogen-bond donors (Lipinski definition) is 1. The molecule has 2 aromatic heterocycles. The summed E-state index contributed by atoms with van der Waals surface area (Å²) in [4.78, 5) is 24.5. The number of nitrogens with zero attached hydrogens (tertiary/aromatic N) is 2. The highest BCUT2D eigenvalue weighted by Gasteiger charge is 2.32. The first-order chi connectivity index (χ1) is 14.5. The third kappa shape index (κ3) is 5.48. The van der Waals surface area contributed by atoms with Crippen molar-refractivity contribution in [3.8, 4) is 11.1 Å². The van der Waals surface area contributed by atoms with Crippen molar-refractivity contribution in [2.24, 2.45) is 0 Å². The molecule has 4 rings (SSSR count). The Kier molecular flexibility index (Phi) is 7.40. The maximum Gasteiger partial charge on any atom is 0.414 e. The van der Waals surface area contributed by atoms with Gasteiger partial charge in [0, 0.05) is 35.6 Å². The van der Waals surface area contributed by atoms with Gasteiger partial charge < -0.3 is 27.0 Å². The van der Waals surface area contributed by atoms with E-state index in [-0.39, 0.29) is 36.0 Å². The first kappa shape index (κ1) is 22.9. The van der Waals surface area contributed by atoms with Crippen LogP contribution >= 0.6 is 11.3 Å². The molecule has 1 aromatic carbocycles. The van der Waals surface area contributed by atoms with E-state index in [9.17, 15) is 14.0 Å². The second-order valence-electron chi connectivity index (χ2n) is 7.11. The Balaban J connectivity index is 0.00000272. The molecule has 31 heavy (non-hydrogen) atoms. The number of hydrogen-bond acceptors (Lipinski definition) is 4. The average Bonchev–Trinajstić information content (AvgIpc) is 3.36. The number of anilines is 1. The van der Waals surface area contributed by atoms with Gasteiger partial charge >= 0.3 is 6.09 Å². The van der Waals surface area contributed by atoms with Crippen LogP contribution in [0.1, 0.15) is 12.5 Å². The zero-order valence-corrected chi connectivity index (χ0v) is 19.2. The minimum Gasteiger partial charge on any atom is -1.00 e. The topological polar surface area (TPSA) is 62.5 Å². The van der Waals surface area contributed by atoms with Crippen LogP contribution in [0.25, 0.3) is 11.1 Å². The number of benzene rings is 1. The van der Waals surface area contributed by atoms with Gasteiger partial charge in [0.25, 0.3) is 0 Å². The third-order valence-corrected chi connectivity index (χ3v) is 5.60. The van der Waals surface area contributed by atoms with Crippen LogP contribution in [-0.4, -0.2) is 31.2 Å². The molecule has 0 aliphatic carbocycles. The first-order valence-corrected chi connectivity index (χ1v) is 10.5. The Labute approximate surface area is 194 Å². The summed E-state index contributed by atoms with van der Waals surface area (Å²) in [5.41, 5.74) is 2.87. The molecule has 0 unspecified atom stereocenters. The Hall–Kier alpha value is -2.78. The van der Waals surface area contributed by atoms with Gasteiger partial charge in [-0.3, -0.25) is 9.69 Å². The van der Waals surface area contributed by atoms with Crippen molar-refractivity contribution in [3.63, 3.8) is 0 Å². The van der Waals surface area contributed by atoms with E-state index in [1.54, 1.807) is 23.5 Å². The lowest BCUT2D eigenvalue weighted by Gasteiger charge is -2.14. The second kappa shape index (κ2) is 10.0. The Morgan fingerprint density at radius 1 is 1.29 bits per heavy atom. The quantitative estimate of drug-likeness (QED) is 0.492. The maximum absolute atomic E-state index is 14.8. The molecule has 0 bridgehead atoms. The fourth-order valence-electron chi connectivity index (χ4n) is 3.34. The first-order valence-electron chi connectivity index (χ1n) is 9.52. The minimum absolute atomic E-state index is 0. The number of pyridine rings is 1. The highest BCUT2D eigenvalue weighted by molar-refractivity contribution is 7.07. The summed E-state index contributed by atoms with van der Waals surface area (Å²) in [5, 5.41) is 6.76. The van der Waals surface area contributed by atoms with Crippen LogP contribution in [0, 0.1) is 5.82 Å². The molecule has 6 nitrogen and oxygen atoms in total. The van der Waals surface area contributed by atoms with Crippen molar-refractivity contribution in [1.82, 2.24) is 5.32 Å². The molecule has 162 valence electrons. The van der Waals surface area contributed by atoms with E-state index >= 15 is 0 Å². The van der Waals surface area contributed by atoms with E-state index < -0.39 is 18.0 Å². The van der Waals surface area contributed by atoms with Crippen molar-refractivity contribution in [3.05, 3.63) is 70.9 Å². The van der Waals surface area contributed by atoms with Gasteiger partial charge in [0.15, 0.2) is 18.9 Å². The molecule has 1 atom stereocenters. The molecular formula is C22H21BrFN3O3S. The van der Waals surface area contributed by atoms with Crippen molar-refractivity contribution in [1.29, 1.82) is 0 Å². The predicted octanol–water partition coefficient (Wildman–Crippen LogP) is 0.355. The lowest BCUT2D eigenvalue weighted by molar-refractivity contribution is -0.688. The van der Waals surface area contributed by atoms with E-state index in [1.165, 1.54) is 23.5 Å². The number of carbonyl (C=O) groups excluding carboxylic acids is 2. The summed E-state index contributed by atoms with van der Waals surface area (Å²) in [7, 11) is 0. The molecule has 1 aliphatic rings. The molecule has 1 fully saturated rings. The Morgan fingerprint density at radius 3 is 2.71 bits per heavy atom. The number of carbonyl (C=O) groups is 2. The molecule has 0 saturated carbocycles. The molecule has 1 saturated heterocycles. The molecule has 9 heteroatoms. The molecule has 1 N–H and O–H groups in total. The third-order valence-electron chi connectivity index (χ3n) is 4.86. The zero-order chi connectivity index (χ0) is 21.1. The van der Waals surface area contributed by atoms with Crippen molar-refractivity contribution in [2.75, 3.05) is 18.0 Å². The van der Waals surface area contributed by atoms with Gasteiger partial charge in [-0.25, -0.2) is 13.8 Å². The second-order valence-corrected chi connectivity index (χ2v) is 7.89. The van der Waals surface area contributed by atoms with E-state index in [2.05, 4.69) is 16.8 Å². The number of halogens is 2. The van der Waals surface area contributed by atoms with E-state index in [0.717, 1.165) is 12.1 Å². The summed E-state index contributed by atoms with van der Waals surface area (Å²) < 4.78 is 22.1. The van der Waals surface area contributed by atoms with E-state index in [0.29, 0.717) is 11.3 Å². The number of nitrogens with one attached hydrogen (secondary N) is 1. The molecule has 0 radical (unpaired) electrons. The largest absolute Gasteiger partial charge is 1.00 e. The standard InChI is InChI=1S/C22H20FN3O3S.BrH/c1-15(27)24-11-19-13-26(22(28)29-19)18-2-3-20(21(23)10-18)17-4-7-25(8-5-17)12-16-6-9-30-14-16;/h2-10,14,19H,11-13H2,1H3;1H/t19-;/m0./s1. The fourth-order valence-corrected chi connectivity index (χ4v) is 4.00. The maximum atomic E-state index is 14.8. The summed E-state index contributed by atoms with van der Waals surface area (Å²) in [6.45, 7) is 2.65. The monoisotopic (exact) mass is 505 g/mol. The SMILES string of the molecule is CC(=O)NC[C@H]1CN(c2ccc(-c3cc[n+](Cc4ccsc4)cc3)c(F)c2)C(=O)O1.[Br-]. The molecular weight excluding hydrogens is 485 g/mol. The van der Waals surface area contributed by atoms with Gasteiger partial charge in [0.2, 0.25) is 5.91 Å². The van der Waals surface area contributed by atoms with Gasteiger partial charge in [-0.15, -0.1) is 0 Å². The van der Waals surface area contributed by atoms with Gasteiger partial charge in [-0.2, -0.15) is 11.3 Å². The van der Waals surface area contributed by atoms with Crippen LogP contribution in [0.4, 0.5) is 14.9 Å². The highest BCUT2D eigenvalue weighted by Crippen LogP contribution is 2.28. The normalized spacial score (nSPS) is 15.4. The van der Waals surface area contributed by atoms with Gasteiger partial charge in [0.1, 0.15) is 11.9 Å². The Bertz CT molecular complexity index is 1060. The van der Waals surface area contributed by atoms with Crippen LogP contribution in [0.2, 0.25) is 0 Å². The lowest BCUT2D eigenvalue weighted by atomic mass is 10.1. The van der Waals surface area contributed by atoms with Crippen LogP contribution in [0.3, 0.4) is 0 Å². The van der Waals surface area contributed by atoms with Crippen molar-refractivity contribution in [2.45, 2.75) is 19.6 Å². The van der Waals surface area contributed by atoms with Gasteiger partial charge in [-0.1, -0.05) is 0 Å². The summed E-state index contributed by atoms with van der Waals surface area (Å²) in [6, 6.07) is 10.5. The summed E-state index contributed by atoms with van der Waals surface area (Å²) in [5.74, 6) is -0.611. The molecule has 0 spiro atoms. The van der Waals surface area contributed by atoms with Crippen molar-refractivity contribution >= 4 is 29.0 Å². The smallest absolute Gasteiger partial charge is 0.414 e. The van der Waals surface area contributed by atoms with Crippen molar-refractivity contribution < 1.29 is 40.3 Å². The van der Waals surface area contributed by atoms with E-state index in [1.807, 2.05) is 34.5 Å². The number of ether oxygens (including phenoxy) is 1. The zero-order valence-electron chi connectivity index (χ0n) is 16.8. The number of aromatic nitrogens is 1. The predicted molar refractivity (Wildman–Crippen MR) is 112 cm³/mol. The average molecular weight is 506 g/mol. The molecule has 2 amide bonds. The Morgan fingerprint density at radius 2 is 2.06 bits per heavy atom. The lowest BCUT2D eigenvalue weighted by Crippen LogP contribution is -3.00. The van der Waals surface area contributed by atoms with Crippen LogP contribution in [-0.2, 0) is 16.1 Å². The number of thiophene rings is 1. The number of cyclic esters (lactones) is 1. The number of rotatable bonds is 6. The summed E-state index contributed by atoms with van der Waals surface area (Å²) >= 11 is 1.66. The molecule has 1 aliphatic heterocycles. The highest BCUT2D eigenvalue weighted by atomic mass is 79.9. The molecule has 3 heterocycles. The number of amides is 2. The van der Waals surface area contributed by atoms with Gasteiger partial charge in [-0.05, 0) is 35.2 Å². The minimum atomic E-state index is -0.549. The molecule has 3 aromatic rings. The van der Waals surface area contributed by atoms with Crippen LogP contribution < -0.4 is 31.8 Å². The van der Waals surface area contributed by atoms with Gasteiger partial charge in [0.05, 0.1) is 18.8 Å². The fraction of sp³-hybridized carbons (Fsp3) is 0.227. The van der Waals surface area contributed by atoms with Crippen LogP contribution in [0.15, 0.2) is 59.6 Å².